The van der Waals surface area contributed by atoms with E-state index in [4.69, 9.17) is 5.73 Å². The smallest absolute Gasteiger partial charge is 0.227 e. The Labute approximate surface area is 115 Å². The van der Waals surface area contributed by atoms with Gasteiger partial charge in [0.2, 0.25) is 11.8 Å². The van der Waals surface area contributed by atoms with Crippen molar-refractivity contribution in [2.24, 2.45) is 11.1 Å². The lowest BCUT2D eigenvalue weighted by Crippen LogP contribution is -2.49. The third kappa shape index (κ3) is 3.36. The molecule has 18 heavy (non-hydrogen) atoms. The number of carbonyl (C=O) groups is 2. The maximum absolute atomic E-state index is 12.2. The summed E-state index contributed by atoms with van der Waals surface area (Å²) in [4.78, 5) is 25.2. The van der Waals surface area contributed by atoms with Gasteiger partial charge < -0.3 is 16.0 Å². The zero-order valence-corrected chi connectivity index (χ0v) is 12.2. The summed E-state index contributed by atoms with van der Waals surface area (Å²) in [6.45, 7) is 4.89. The van der Waals surface area contributed by atoms with Crippen LogP contribution in [0.15, 0.2) is 0 Å². The largest absolute Gasteiger partial charge is 0.351 e. The van der Waals surface area contributed by atoms with Gasteiger partial charge in [0.15, 0.2) is 0 Å². The molecule has 1 atom stereocenters. The summed E-state index contributed by atoms with van der Waals surface area (Å²) < 4.78 is 0. The fourth-order valence-corrected chi connectivity index (χ4v) is 2.25. The molecule has 6 heteroatoms. The average Bonchev–Trinajstić information content (AvgIpc) is 2.61. The predicted octanol–water partition coefficient (Wildman–Crippen LogP) is 0.520. The number of nitrogens with two attached hydrogens (primary N) is 1. The minimum atomic E-state index is -0.482. The number of likely N-dealkylation sites (tertiary alicyclic amines) is 1. The van der Waals surface area contributed by atoms with Crippen molar-refractivity contribution in [3.63, 3.8) is 0 Å². The molecule has 1 heterocycles. The van der Waals surface area contributed by atoms with E-state index in [2.05, 4.69) is 5.32 Å². The van der Waals surface area contributed by atoms with Crippen molar-refractivity contribution in [3.05, 3.63) is 0 Å². The molecule has 5 nitrogen and oxygen atoms in total. The van der Waals surface area contributed by atoms with E-state index in [1.807, 2.05) is 13.8 Å². The highest BCUT2D eigenvalue weighted by Gasteiger charge is 2.36. The molecule has 1 saturated heterocycles. The lowest BCUT2D eigenvalue weighted by atomic mass is 9.81. The Morgan fingerprint density at radius 3 is 2.39 bits per heavy atom. The molecule has 0 aromatic rings. The number of amides is 2. The molecule has 1 aliphatic heterocycles. The van der Waals surface area contributed by atoms with Crippen molar-refractivity contribution in [3.8, 4) is 0 Å². The predicted molar refractivity (Wildman–Crippen MR) is 73.5 cm³/mol. The molecule has 1 unspecified atom stereocenters. The number of hydrogen-bond donors (Lipinski definition) is 2. The van der Waals surface area contributed by atoms with Gasteiger partial charge in [-0.2, -0.15) is 0 Å². The highest BCUT2D eigenvalue weighted by atomic mass is 35.5. The number of hydrogen-bond acceptors (Lipinski definition) is 3. The summed E-state index contributed by atoms with van der Waals surface area (Å²) >= 11 is 0. The fraction of sp³-hybridized carbons (Fsp3) is 0.833. The highest BCUT2D eigenvalue weighted by molar-refractivity contribution is 5.85. The molecule has 0 saturated carbocycles. The van der Waals surface area contributed by atoms with Gasteiger partial charge in [0.05, 0.1) is 11.5 Å². The Balaban J connectivity index is 0.00000289. The third-order valence-corrected chi connectivity index (χ3v) is 3.90. The number of likely N-dealkylation sites (N-methyl/N-ethyl adjacent to an activating group) is 1. The summed E-state index contributed by atoms with van der Waals surface area (Å²) in [5.41, 5.74) is 5.24. The molecule has 0 radical (unpaired) electrons. The van der Waals surface area contributed by atoms with Gasteiger partial charge >= 0.3 is 0 Å². The first kappa shape index (κ1) is 17.2. The first-order valence-corrected chi connectivity index (χ1v) is 6.24. The maximum Gasteiger partial charge on any atom is 0.227 e. The lowest BCUT2D eigenvalue weighted by molar-refractivity contribution is -0.131. The molecule has 0 spiro atoms. The molecule has 0 aromatic carbocycles. The van der Waals surface area contributed by atoms with Crippen molar-refractivity contribution in [2.45, 2.75) is 39.2 Å². The van der Waals surface area contributed by atoms with E-state index in [-0.39, 0.29) is 30.3 Å². The summed E-state index contributed by atoms with van der Waals surface area (Å²) in [6, 6.07) is -0.0657. The molecule has 0 bridgehead atoms. The second-order valence-corrected chi connectivity index (χ2v) is 4.84. The Hall–Kier alpha value is -0.810. The van der Waals surface area contributed by atoms with Gasteiger partial charge in [0.1, 0.15) is 0 Å². The Kier molecular flexibility index (Phi) is 6.63. The summed E-state index contributed by atoms with van der Waals surface area (Å²) in [7, 11) is 1.75. The van der Waals surface area contributed by atoms with Gasteiger partial charge in [-0.15, -0.1) is 12.4 Å². The van der Waals surface area contributed by atoms with Gasteiger partial charge in [0, 0.05) is 26.6 Å². The van der Waals surface area contributed by atoms with Crippen LogP contribution in [0.2, 0.25) is 0 Å². The van der Waals surface area contributed by atoms with Crippen LogP contribution in [0.25, 0.3) is 0 Å². The average molecular weight is 278 g/mol. The molecule has 1 fully saturated rings. The number of nitrogens with zero attached hydrogens (tertiary/aromatic N) is 1. The van der Waals surface area contributed by atoms with Crippen LogP contribution >= 0.6 is 12.4 Å². The monoisotopic (exact) mass is 277 g/mol. The lowest BCUT2D eigenvalue weighted by Gasteiger charge is -2.30. The molecule has 0 aromatic heterocycles. The summed E-state index contributed by atoms with van der Waals surface area (Å²) in [6.07, 6.45) is 1.85. The normalized spacial score (nSPS) is 19.7. The van der Waals surface area contributed by atoms with Gasteiger partial charge in [-0.3, -0.25) is 9.59 Å². The van der Waals surface area contributed by atoms with Crippen LogP contribution in [-0.2, 0) is 9.59 Å². The van der Waals surface area contributed by atoms with Crippen molar-refractivity contribution >= 4 is 24.2 Å². The number of halogens is 1. The van der Waals surface area contributed by atoms with Crippen LogP contribution in [0, 0.1) is 5.41 Å². The van der Waals surface area contributed by atoms with E-state index in [1.165, 1.54) is 0 Å². The fourth-order valence-electron chi connectivity index (χ4n) is 2.25. The van der Waals surface area contributed by atoms with E-state index in [1.54, 1.807) is 11.9 Å². The zero-order chi connectivity index (χ0) is 13.1. The third-order valence-electron chi connectivity index (χ3n) is 3.90. The highest BCUT2D eigenvalue weighted by Crippen LogP contribution is 2.25. The molecule has 3 N–H and O–H groups in total. The minimum absolute atomic E-state index is 0. The minimum Gasteiger partial charge on any atom is -0.351 e. The van der Waals surface area contributed by atoms with E-state index < -0.39 is 5.41 Å². The Bertz CT molecular complexity index is 297. The summed E-state index contributed by atoms with van der Waals surface area (Å²) in [5, 5.41) is 2.95. The van der Waals surface area contributed by atoms with Crippen LogP contribution in [0.1, 0.15) is 33.1 Å². The van der Waals surface area contributed by atoms with E-state index >= 15 is 0 Å². The first-order chi connectivity index (χ1) is 7.99. The number of rotatable bonds is 5. The Morgan fingerprint density at radius 2 is 2.06 bits per heavy atom. The van der Waals surface area contributed by atoms with Crippen LogP contribution in [0.5, 0.6) is 0 Å². The van der Waals surface area contributed by atoms with Crippen LogP contribution < -0.4 is 11.1 Å². The standard InChI is InChI=1S/C12H23N3O2.ClH/c1-4-12(5-2,8-13)11(17)14-9-6-10(16)15(3)7-9;/h9H,4-8,13H2,1-3H3,(H,14,17);1H. The molecular formula is C12H24ClN3O2. The molecule has 106 valence electrons. The Morgan fingerprint density at radius 1 is 1.50 bits per heavy atom. The molecule has 2 amide bonds. The van der Waals surface area contributed by atoms with Crippen molar-refractivity contribution in [1.29, 1.82) is 0 Å². The van der Waals surface area contributed by atoms with Crippen LogP contribution in [0.4, 0.5) is 0 Å². The van der Waals surface area contributed by atoms with Crippen LogP contribution in [0.3, 0.4) is 0 Å². The van der Waals surface area contributed by atoms with E-state index in [9.17, 15) is 9.59 Å². The van der Waals surface area contributed by atoms with Gasteiger partial charge in [-0.1, -0.05) is 13.8 Å². The quantitative estimate of drug-likeness (QED) is 0.769. The molecule has 1 rings (SSSR count). The maximum atomic E-state index is 12.2. The SMILES string of the molecule is CCC(CC)(CN)C(=O)NC1CC(=O)N(C)C1.Cl. The first-order valence-electron chi connectivity index (χ1n) is 6.24. The van der Waals surface area contributed by atoms with E-state index in [0.717, 1.165) is 12.8 Å². The zero-order valence-electron chi connectivity index (χ0n) is 11.4. The molecule has 0 aliphatic carbocycles. The second kappa shape index (κ2) is 6.95. The summed E-state index contributed by atoms with van der Waals surface area (Å²) in [5.74, 6) is 0.0692. The molecule has 1 aliphatic rings. The molecular weight excluding hydrogens is 254 g/mol. The van der Waals surface area contributed by atoms with Crippen molar-refractivity contribution in [2.75, 3.05) is 20.1 Å². The topological polar surface area (TPSA) is 75.4 Å². The van der Waals surface area contributed by atoms with Gasteiger partial charge in [0.25, 0.3) is 0 Å². The number of carbonyl (C=O) groups excluding carboxylic acids is 2. The second-order valence-electron chi connectivity index (χ2n) is 4.84. The van der Waals surface area contributed by atoms with Crippen molar-refractivity contribution in [1.82, 2.24) is 10.2 Å². The van der Waals surface area contributed by atoms with Gasteiger partial charge in [-0.05, 0) is 12.8 Å². The van der Waals surface area contributed by atoms with Crippen molar-refractivity contribution < 1.29 is 9.59 Å². The van der Waals surface area contributed by atoms with E-state index in [0.29, 0.717) is 19.5 Å². The number of nitrogens with one attached hydrogen (secondary N) is 1. The van der Waals surface area contributed by atoms with Crippen LogP contribution in [-0.4, -0.2) is 42.9 Å². The van der Waals surface area contributed by atoms with Gasteiger partial charge in [-0.25, -0.2) is 0 Å².